The fourth-order valence-corrected chi connectivity index (χ4v) is 1.24. The maximum atomic E-state index is 10.9. The Morgan fingerprint density at radius 3 is 2.59 bits per heavy atom. The lowest BCUT2D eigenvalue weighted by atomic mass is 10.2. The van der Waals surface area contributed by atoms with E-state index in [0.29, 0.717) is 17.1 Å². The molecule has 1 aromatic heterocycles. The fourth-order valence-electron chi connectivity index (χ4n) is 1.24. The van der Waals surface area contributed by atoms with Gasteiger partial charge in [0.05, 0.1) is 6.20 Å². The van der Waals surface area contributed by atoms with Gasteiger partial charge in [-0.15, -0.1) is 0 Å². The Balaban J connectivity index is 2.19. The van der Waals surface area contributed by atoms with Gasteiger partial charge in [-0.1, -0.05) is 0 Å². The number of anilines is 2. The predicted molar refractivity (Wildman–Crippen MR) is 60.9 cm³/mol. The molecule has 4 N–H and O–H groups in total. The maximum Gasteiger partial charge on any atom is 0.363 e. The molecule has 0 radical (unpaired) electrons. The Labute approximate surface area is 95.7 Å². The quantitative estimate of drug-likeness (QED) is 0.688. The minimum atomic E-state index is -0.538. The fraction of sp³-hybridized carbons (Fsp3) is 0. The van der Waals surface area contributed by atoms with Crippen LogP contribution >= 0.6 is 0 Å². The first kappa shape index (κ1) is 10.8. The van der Waals surface area contributed by atoms with Crippen LogP contribution < -0.4 is 16.7 Å². The van der Waals surface area contributed by atoms with Crippen molar-refractivity contribution in [2.45, 2.75) is 0 Å². The number of carbonyl (C=O) groups excluding carboxylic acids is 1. The highest BCUT2D eigenvalue weighted by molar-refractivity contribution is 5.93. The van der Waals surface area contributed by atoms with Crippen LogP contribution in [0.5, 0.6) is 0 Å². The van der Waals surface area contributed by atoms with E-state index >= 15 is 0 Å². The highest BCUT2D eigenvalue weighted by Gasteiger charge is 2.01. The summed E-state index contributed by atoms with van der Waals surface area (Å²) in [4.78, 5) is 25.4. The van der Waals surface area contributed by atoms with Crippen molar-refractivity contribution >= 4 is 17.4 Å². The van der Waals surface area contributed by atoms with Crippen molar-refractivity contribution in [3.05, 3.63) is 46.5 Å². The number of amides is 1. The number of aromatic nitrogens is 3. The van der Waals surface area contributed by atoms with Gasteiger partial charge in [-0.05, 0) is 24.3 Å². The van der Waals surface area contributed by atoms with E-state index < -0.39 is 11.6 Å². The number of benzene rings is 1. The Kier molecular flexibility index (Phi) is 2.82. The van der Waals surface area contributed by atoms with Gasteiger partial charge in [0.2, 0.25) is 5.91 Å². The number of rotatable bonds is 3. The molecule has 0 bridgehead atoms. The molecule has 0 aliphatic carbocycles. The molecule has 0 saturated heterocycles. The largest absolute Gasteiger partial charge is 0.366 e. The molecule has 1 aromatic carbocycles. The monoisotopic (exact) mass is 231 g/mol. The highest BCUT2D eigenvalue weighted by Crippen LogP contribution is 2.13. The number of H-pyrrole nitrogens is 1. The lowest BCUT2D eigenvalue weighted by Crippen LogP contribution is -2.13. The normalized spacial score (nSPS) is 9.88. The molecule has 0 aliphatic rings. The van der Waals surface area contributed by atoms with Gasteiger partial charge in [0.25, 0.3) is 0 Å². The molecule has 86 valence electrons. The Bertz CT molecular complexity index is 590. The summed E-state index contributed by atoms with van der Waals surface area (Å²) in [6.07, 6.45) is 1.38. The molecule has 1 heterocycles. The molecule has 2 rings (SSSR count). The van der Waals surface area contributed by atoms with Crippen LogP contribution in [0.3, 0.4) is 0 Å². The summed E-state index contributed by atoms with van der Waals surface area (Å²) in [5.74, 6) is -0.173. The zero-order valence-electron chi connectivity index (χ0n) is 8.68. The van der Waals surface area contributed by atoms with Gasteiger partial charge in [-0.25, -0.2) is 9.89 Å². The van der Waals surface area contributed by atoms with Crippen molar-refractivity contribution in [1.29, 1.82) is 0 Å². The average molecular weight is 231 g/mol. The molecule has 7 heteroatoms. The molecule has 0 unspecified atom stereocenters. The molecule has 2 aromatic rings. The Hall–Kier alpha value is -2.70. The Morgan fingerprint density at radius 2 is 2.00 bits per heavy atom. The van der Waals surface area contributed by atoms with Crippen LogP contribution in [0.15, 0.2) is 35.3 Å². The van der Waals surface area contributed by atoms with E-state index in [2.05, 4.69) is 20.5 Å². The molecule has 0 fully saturated rings. The molecule has 0 spiro atoms. The number of nitrogens with one attached hydrogen (secondary N) is 2. The highest BCUT2D eigenvalue weighted by atomic mass is 16.1. The van der Waals surface area contributed by atoms with Crippen molar-refractivity contribution in [3.63, 3.8) is 0 Å². The number of hydrogen-bond acceptors (Lipinski definition) is 5. The van der Waals surface area contributed by atoms with Crippen LogP contribution in [0.2, 0.25) is 0 Å². The number of aromatic amines is 1. The zero-order chi connectivity index (χ0) is 12.3. The SMILES string of the molecule is NC(=O)c1ccc(Nc2cn[nH]c(=O)n2)cc1. The maximum absolute atomic E-state index is 10.9. The van der Waals surface area contributed by atoms with Gasteiger partial charge in [-0.3, -0.25) is 4.79 Å². The van der Waals surface area contributed by atoms with Crippen LogP contribution in [-0.4, -0.2) is 21.1 Å². The van der Waals surface area contributed by atoms with Crippen molar-refractivity contribution in [2.24, 2.45) is 5.73 Å². The second kappa shape index (κ2) is 4.44. The van der Waals surface area contributed by atoms with Crippen molar-refractivity contribution in [2.75, 3.05) is 5.32 Å². The number of nitrogens with two attached hydrogens (primary N) is 1. The van der Waals surface area contributed by atoms with E-state index in [4.69, 9.17) is 5.73 Å². The van der Waals surface area contributed by atoms with Crippen LogP contribution in [-0.2, 0) is 0 Å². The second-order valence-electron chi connectivity index (χ2n) is 3.24. The first-order valence-corrected chi connectivity index (χ1v) is 4.74. The van der Waals surface area contributed by atoms with E-state index in [1.54, 1.807) is 24.3 Å². The number of hydrogen-bond donors (Lipinski definition) is 3. The smallest absolute Gasteiger partial charge is 0.363 e. The average Bonchev–Trinajstić information content (AvgIpc) is 2.29. The molecule has 17 heavy (non-hydrogen) atoms. The van der Waals surface area contributed by atoms with E-state index in [0.717, 1.165) is 0 Å². The summed E-state index contributed by atoms with van der Waals surface area (Å²) in [6, 6.07) is 6.46. The van der Waals surface area contributed by atoms with Gasteiger partial charge in [0, 0.05) is 11.3 Å². The molecular formula is C10H9N5O2. The van der Waals surface area contributed by atoms with Crippen molar-refractivity contribution in [3.8, 4) is 0 Å². The molecular weight excluding hydrogens is 222 g/mol. The van der Waals surface area contributed by atoms with E-state index in [-0.39, 0.29) is 0 Å². The number of primary amides is 1. The van der Waals surface area contributed by atoms with Gasteiger partial charge >= 0.3 is 5.69 Å². The van der Waals surface area contributed by atoms with E-state index in [9.17, 15) is 9.59 Å². The molecule has 0 aliphatic heterocycles. The Morgan fingerprint density at radius 1 is 1.29 bits per heavy atom. The van der Waals surface area contributed by atoms with E-state index in [1.165, 1.54) is 6.20 Å². The minimum absolute atomic E-state index is 0.320. The first-order valence-electron chi connectivity index (χ1n) is 4.74. The van der Waals surface area contributed by atoms with Crippen molar-refractivity contribution in [1.82, 2.24) is 15.2 Å². The topological polar surface area (TPSA) is 114 Å². The van der Waals surface area contributed by atoms with E-state index in [1.807, 2.05) is 0 Å². The lowest BCUT2D eigenvalue weighted by molar-refractivity contribution is 0.100. The molecule has 7 nitrogen and oxygen atoms in total. The summed E-state index contributed by atoms with van der Waals surface area (Å²) in [5.41, 5.74) is 5.66. The number of carbonyl (C=O) groups is 1. The molecule has 1 amide bonds. The lowest BCUT2D eigenvalue weighted by Gasteiger charge is -2.04. The summed E-state index contributed by atoms with van der Waals surface area (Å²) in [6.45, 7) is 0. The predicted octanol–water partition coefficient (Wildman–Crippen LogP) is 0.00740. The summed E-state index contributed by atoms with van der Waals surface area (Å²) in [5, 5.41) is 8.62. The van der Waals surface area contributed by atoms with Crippen molar-refractivity contribution < 1.29 is 4.79 Å². The van der Waals surface area contributed by atoms with Crippen LogP contribution in [0.4, 0.5) is 11.5 Å². The third-order valence-electron chi connectivity index (χ3n) is 2.01. The second-order valence-corrected chi connectivity index (χ2v) is 3.24. The minimum Gasteiger partial charge on any atom is -0.366 e. The third kappa shape index (κ3) is 2.65. The van der Waals surface area contributed by atoms with Gasteiger partial charge < -0.3 is 11.1 Å². The van der Waals surface area contributed by atoms with Gasteiger partial charge in [0.1, 0.15) is 0 Å². The molecule has 0 saturated carbocycles. The summed E-state index contributed by atoms with van der Waals surface area (Å²) < 4.78 is 0. The zero-order valence-corrected chi connectivity index (χ0v) is 8.68. The van der Waals surface area contributed by atoms with Crippen LogP contribution in [0.25, 0.3) is 0 Å². The van der Waals surface area contributed by atoms with Gasteiger partial charge in [-0.2, -0.15) is 10.1 Å². The molecule has 0 atom stereocenters. The summed E-state index contributed by atoms with van der Waals surface area (Å²) in [7, 11) is 0. The van der Waals surface area contributed by atoms with Crippen LogP contribution in [0.1, 0.15) is 10.4 Å². The third-order valence-corrected chi connectivity index (χ3v) is 2.01. The number of nitrogens with zero attached hydrogens (tertiary/aromatic N) is 2. The summed E-state index contributed by atoms with van der Waals surface area (Å²) >= 11 is 0. The van der Waals surface area contributed by atoms with Gasteiger partial charge in [0.15, 0.2) is 5.82 Å². The standard InChI is InChI=1S/C10H9N5O2/c11-9(16)6-1-3-7(4-2-6)13-8-5-12-15-10(17)14-8/h1-5H,(H2,11,16)(H2,13,14,15,17). The first-order chi connectivity index (χ1) is 8.15. The van der Waals surface area contributed by atoms with Crippen LogP contribution in [0, 0.1) is 0 Å².